The lowest BCUT2D eigenvalue weighted by Gasteiger charge is -2.57. The quantitative estimate of drug-likeness (QED) is 0.516. The summed E-state index contributed by atoms with van der Waals surface area (Å²) < 4.78 is 1.99. The van der Waals surface area contributed by atoms with Crippen LogP contribution in [0, 0.1) is 0 Å². The second-order valence-electron chi connectivity index (χ2n) is 8.65. The normalized spacial score (nSPS) is 14.3. The monoisotopic (exact) mass is 312 g/mol. The summed E-state index contributed by atoms with van der Waals surface area (Å²) in [5.74, 6) is 1.39. The molecule has 0 aliphatic carbocycles. The lowest BCUT2D eigenvalue weighted by atomic mass is 9.99. The Labute approximate surface area is 141 Å². The Morgan fingerprint density at radius 1 is 0.455 bits per heavy atom. The van der Waals surface area contributed by atoms with Crippen molar-refractivity contribution in [1.82, 2.24) is 0 Å². The van der Waals surface area contributed by atoms with Gasteiger partial charge in [-0.1, -0.05) is 0 Å². The van der Waals surface area contributed by atoms with Crippen LogP contribution in [0.4, 0.5) is 0 Å². The van der Waals surface area contributed by atoms with Crippen LogP contribution in [-0.2, 0) is 0 Å². The molecular weight excluding hydrogens is 268 g/mol. The molecule has 0 aliphatic heterocycles. The molecule has 0 heterocycles. The molecule has 0 fully saturated rings. The Kier molecular flexibility index (Phi) is 7.37. The molecule has 0 unspecified atom stereocenters. The summed E-state index contributed by atoms with van der Waals surface area (Å²) in [5.41, 5.74) is 0. The zero-order chi connectivity index (χ0) is 18.0. The highest BCUT2D eigenvalue weighted by molar-refractivity contribution is 4.84. The third-order valence-corrected chi connectivity index (χ3v) is 6.02. The van der Waals surface area contributed by atoms with Gasteiger partial charge in [-0.3, -0.25) is 0 Å². The zero-order valence-corrected chi connectivity index (χ0v) is 17.6. The number of hydrogen-bond donors (Lipinski definition) is 0. The maximum atomic E-state index is 4.77. The van der Waals surface area contributed by atoms with Gasteiger partial charge in [0.25, 0.3) is 5.82 Å². The molecule has 0 atom stereocenters. The van der Waals surface area contributed by atoms with Crippen LogP contribution in [0.3, 0.4) is 0 Å². The molecule has 0 aliphatic rings. The summed E-state index contributed by atoms with van der Waals surface area (Å²) >= 11 is 0. The standard InChI is InChI=1S/C20H44N2/c1-14(2)21(15(3)4,16(5)6)20(13)22(17(7)8,18(9)10)19(11)12/h14-19H,13H2,1-12H3/q+2. The highest BCUT2D eigenvalue weighted by Gasteiger charge is 2.55. The van der Waals surface area contributed by atoms with Gasteiger partial charge in [0, 0.05) is 6.58 Å². The first kappa shape index (κ1) is 21.7. The van der Waals surface area contributed by atoms with Gasteiger partial charge >= 0.3 is 0 Å². The molecule has 0 aromatic rings. The van der Waals surface area contributed by atoms with Crippen LogP contribution in [0.15, 0.2) is 12.4 Å². The lowest BCUT2D eigenvalue weighted by molar-refractivity contribution is -1.10. The molecule has 22 heavy (non-hydrogen) atoms. The van der Waals surface area contributed by atoms with E-state index in [9.17, 15) is 0 Å². The minimum atomic E-state index is 0.529. The fraction of sp³-hybridized carbons (Fsp3) is 0.900. The number of hydrogen-bond acceptors (Lipinski definition) is 0. The SMILES string of the molecule is C=C([N+](C(C)C)(C(C)C)C(C)C)[N+](C(C)C)(C(C)C)C(C)C. The number of rotatable bonds is 8. The van der Waals surface area contributed by atoms with Crippen LogP contribution in [-0.4, -0.2) is 45.2 Å². The highest BCUT2D eigenvalue weighted by Crippen LogP contribution is 2.41. The largest absolute Gasteiger partial charge is 0.288 e. The first-order valence-electron chi connectivity index (χ1n) is 9.28. The predicted octanol–water partition coefficient (Wildman–Crippen LogP) is 5.54. The number of quaternary nitrogens is 2. The van der Waals surface area contributed by atoms with Crippen molar-refractivity contribution in [3.05, 3.63) is 12.4 Å². The number of nitrogens with zero attached hydrogens (tertiary/aromatic N) is 2. The molecule has 0 rings (SSSR count). The average molecular weight is 313 g/mol. The van der Waals surface area contributed by atoms with Crippen LogP contribution in [0.1, 0.15) is 83.1 Å². The van der Waals surface area contributed by atoms with Gasteiger partial charge < -0.3 is 0 Å². The maximum Gasteiger partial charge on any atom is 0.288 e. The van der Waals surface area contributed by atoms with E-state index in [1.165, 1.54) is 5.82 Å². The van der Waals surface area contributed by atoms with Crippen molar-refractivity contribution in [3.63, 3.8) is 0 Å². The van der Waals surface area contributed by atoms with E-state index in [-0.39, 0.29) is 0 Å². The van der Waals surface area contributed by atoms with Gasteiger partial charge in [-0.25, -0.2) is 8.97 Å². The molecule has 0 spiro atoms. The first-order valence-corrected chi connectivity index (χ1v) is 9.28. The Hall–Kier alpha value is -0.340. The van der Waals surface area contributed by atoms with Crippen LogP contribution in [0.5, 0.6) is 0 Å². The van der Waals surface area contributed by atoms with Crippen LogP contribution < -0.4 is 0 Å². The van der Waals surface area contributed by atoms with Crippen molar-refractivity contribution in [2.24, 2.45) is 0 Å². The van der Waals surface area contributed by atoms with Gasteiger partial charge in [-0.2, -0.15) is 0 Å². The van der Waals surface area contributed by atoms with Crippen molar-refractivity contribution in [1.29, 1.82) is 0 Å². The molecule has 0 saturated heterocycles. The molecule has 2 heteroatoms. The summed E-state index contributed by atoms with van der Waals surface area (Å²) in [6.07, 6.45) is 0. The second kappa shape index (κ2) is 7.49. The lowest BCUT2D eigenvalue weighted by Crippen LogP contribution is -2.72. The van der Waals surface area contributed by atoms with Crippen molar-refractivity contribution in [2.75, 3.05) is 0 Å². The van der Waals surface area contributed by atoms with Crippen molar-refractivity contribution >= 4 is 0 Å². The molecule has 0 saturated carbocycles. The Balaban J connectivity index is 6.53. The first-order chi connectivity index (χ1) is 9.81. The molecular formula is C20H44N2+2. The third-order valence-electron chi connectivity index (χ3n) is 6.02. The molecule has 0 amide bonds. The van der Waals surface area contributed by atoms with E-state index in [0.29, 0.717) is 36.3 Å². The predicted molar refractivity (Wildman–Crippen MR) is 100 cm³/mol. The highest BCUT2D eigenvalue weighted by atomic mass is 15.6. The molecule has 0 bridgehead atoms. The minimum Gasteiger partial charge on any atom is -0.239 e. The second-order valence-corrected chi connectivity index (χ2v) is 8.65. The third kappa shape index (κ3) is 3.01. The van der Waals surface area contributed by atoms with Crippen molar-refractivity contribution in [3.8, 4) is 0 Å². The summed E-state index contributed by atoms with van der Waals surface area (Å²) in [4.78, 5) is 0. The van der Waals surface area contributed by atoms with Crippen LogP contribution in [0.2, 0.25) is 0 Å². The summed E-state index contributed by atoms with van der Waals surface area (Å²) in [7, 11) is 0. The van der Waals surface area contributed by atoms with E-state index in [1.807, 2.05) is 0 Å². The van der Waals surface area contributed by atoms with E-state index in [4.69, 9.17) is 6.58 Å². The summed E-state index contributed by atoms with van der Waals surface area (Å²) in [5, 5.41) is 0. The van der Waals surface area contributed by atoms with Crippen LogP contribution in [0.25, 0.3) is 0 Å². The van der Waals surface area contributed by atoms with Crippen molar-refractivity contribution in [2.45, 2.75) is 119 Å². The van der Waals surface area contributed by atoms with Gasteiger partial charge in [-0.05, 0) is 83.1 Å². The molecule has 0 N–H and O–H groups in total. The Morgan fingerprint density at radius 2 is 0.591 bits per heavy atom. The molecule has 2 nitrogen and oxygen atoms in total. The average Bonchev–Trinajstić information content (AvgIpc) is 2.26. The molecule has 0 aromatic carbocycles. The van der Waals surface area contributed by atoms with E-state index in [0.717, 1.165) is 8.97 Å². The zero-order valence-electron chi connectivity index (χ0n) is 17.6. The topological polar surface area (TPSA) is 0 Å². The van der Waals surface area contributed by atoms with Gasteiger partial charge in [0.1, 0.15) is 0 Å². The Morgan fingerprint density at radius 3 is 0.682 bits per heavy atom. The maximum absolute atomic E-state index is 4.77. The van der Waals surface area contributed by atoms with E-state index in [1.54, 1.807) is 0 Å². The van der Waals surface area contributed by atoms with E-state index >= 15 is 0 Å². The van der Waals surface area contributed by atoms with E-state index < -0.39 is 0 Å². The Bertz CT molecular complexity index is 284. The summed E-state index contributed by atoms with van der Waals surface area (Å²) in [6, 6.07) is 3.17. The van der Waals surface area contributed by atoms with Gasteiger partial charge in [0.15, 0.2) is 0 Å². The molecule has 0 radical (unpaired) electrons. The van der Waals surface area contributed by atoms with Gasteiger partial charge in [0.05, 0.1) is 36.3 Å². The molecule has 132 valence electrons. The fourth-order valence-corrected chi connectivity index (χ4v) is 5.67. The van der Waals surface area contributed by atoms with Crippen molar-refractivity contribution < 1.29 is 8.97 Å². The van der Waals surface area contributed by atoms with Gasteiger partial charge in [0.2, 0.25) is 0 Å². The van der Waals surface area contributed by atoms with E-state index in [2.05, 4.69) is 83.1 Å². The fourth-order valence-electron chi connectivity index (χ4n) is 5.67. The van der Waals surface area contributed by atoms with Crippen LogP contribution >= 0.6 is 0 Å². The van der Waals surface area contributed by atoms with Gasteiger partial charge in [-0.15, -0.1) is 0 Å². The summed E-state index contributed by atoms with van der Waals surface area (Å²) in [6.45, 7) is 33.1. The molecule has 0 aromatic heterocycles. The smallest absolute Gasteiger partial charge is 0.239 e. The minimum absolute atomic E-state index is 0.529.